The van der Waals surface area contributed by atoms with Gasteiger partial charge in [-0.3, -0.25) is 14.3 Å². The molecule has 5 nitrogen and oxygen atoms in total. The average molecular weight is 523 g/mol. The predicted molar refractivity (Wildman–Crippen MR) is 126 cm³/mol. The van der Waals surface area contributed by atoms with E-state index in [1.54, 1.807) is 0 Å². The van der Waals surface area contributed by atoms with E-state index >= 15 is 0 Å². The minimum Gasteiger partial charge on any atom is -0.329 e. The molecule has 0 fully saturated rings. The van der Waals surface area contributed by atoms with Crippen molar-refractivity contribution in [3.05, 3.63) is 98.1 Å². The highest BCUT2D eigenvalue weighted by Crippen LogP contribution is 2.34. The summed E-state index contributed by atoms with van der Waals surface area (Å²) in [5.74, 6) is 0.0752. The van der Waals surface area contributed by atoms with Crippen molar-refractivity contribution in [1.29, 1.82) is 0 Å². The lowest BCUT2D eigenvalue weighted by atomic mass is 10.1. The van der Waals surface area contributed by atoms with Gasteiger partial charge in [0, 0.05) is 19.6 Å². The molecule has 0 aliphatic carbocycles. The van der Waals surface area contributed by atoms with E-state index < -0.39 is 27.9 Å². The van der Waals surface area contributed by atoms with Crippen molar-refractivity contribution in [2.24, 2.45) is 5.73 Å². The first-order valence-corrected chi connectivity index (χ1v) is 11.4. The smallest absolute Gasteiger partial charge is 0.329 e. The first kappa shape index (κ1) is 25.1. The molecule has 0 radical (unpaired) electrons. The maximum absolute atomic E-state index is 13.8. The Balaban J connectivity index is 2.16. The number of aromatic nitrogens is 2. The third-order valence-corrected chi connectivity index (χ3v) is 6.08. The van der Waals surface area contributed by atoms with Crippen molar-refractivity contribution in [3.8, 4) is 0 Å². The van der Waals surface area contributed by atoms with Crippen LogP contribution in [0, 0.1) is 0 Å². The summed E-state index contributed by atoms with van der Waals surface area (Å²) >= 11 is 2.86. The Kier molecular flexibility index (Phi) is 8.45. The van der Waals surface area contributed by atoms with Gasteiger partial charge in [0.25, 0.3) is 5.56 Å². The lowest BCUT2D eigenvalue weighted by Crippen LogP contribution is -2.39. The number of hydrogen-bond acceptors (Lipinski definition) is 4. The molecule has 1 aromatic heterocycles. The summed E-state index contributed by atoms with van der Waals surface area (Å²) in [7, 11) is 0. The van der Waals surface area contributed by atoms with Crippen molar-refractivity contribution in [2.75, 3.05) is 13.1 Å². The molecule has 1 heterocycles. The lowest BCUT2D eigenvalue weighted by Gasteiger charge is -2.32. The Morgan fingerprint density at radius 1 is 1.06 bits per heavy atom. The number of hydrogen-bond donors (Lipinski definition) is 1. The van der Waals surface area contributed by atoms with Crippen molar-refractivity contribution in [3.63, 3.8) is 0 Å². The Bertz CT molecular complexity index is 1100. The van der Waals surface area contributed by atoms with Crippen LogP contribution < -0.4 is 11.3 Å². The summed E-state index contributed by atoms with van der Waals surface area (Å²) in [6.07, 6.45) is -4.32. The van der Waals surface area contributed by atoms with E-state index in [1.807, 2.05) is 72.5 Å². The minimum absolute atomic E-state index is 0.0752. The highest BCUT2D eigenvalue weighted by Gasteiger charge is 2.39. The Morgan fingerprint density at radius 2 is 1.64 bits per heavy atom. The van der Waals surface area contributed by atoms with Gasteiger partial charge in [-0.1, -0.05) is 67.6 Å². The third-order valence-electron chi connectivity index (χ3n) is 5.37. The van der Waals surface area contributed by atoms with Crippen LogP contribution in [0.15, 0.2) is 69.9 Å². The molecule has 1 atom stereocenters. The van der Waals surface area contributed by atoms with Crippen molar-refractivity contribution in [2.45, 2.75) is 38.7 Å². The molecule has 0 bridgehead atoms. The summed E-state index contributed by atoms with van der Waals surface area (Å²) in [6.45, 7) is 3.20. The summed E-state index contributed by atoms with van der Waals surface area (Å²) < 4.78 is 42.0. The lowest BCUT2D eigenvalue weighted by molar-refractivity contribution is -0.142. The van der Waals surface area contributed by atoms with E-state index in [0.29, 0.717) is 26.1 Å². The highest BCUT2D eigenvalue weighted by molar-refractivity contribution is 9.10. The monoisotopic (exact) mass is 522 g/mol. The van der Waals surface area contributed by atoms with Crippen molar-refractivity contribution < 1.29 is 13.2 Å². The Hall–Kier alpha value is -2.49. The number of halogens is 4. The maximum Gasteiger partial charge on any atom is 0.434 e. The van der Waals surface area contributed by atoms with Gasteiger partial charge >= 0.3 is 6.18 Å². The van der Waals surface area contributed by atoms with E-state index in [0.717, 1.165) is 11.1 Å². The van der Waals surface area contributed by atoms with E-state index in [1.165, 1.54) is 4.57 Å². The van der Waals surface area contributed by atoms with E-state index in [2.05, 4.69) is 20.9 Å². The molecule has 2 N–H and O–H groups in total. The van der Waals surface area contributed by atoms with Gasteiger partial charge in [-0.25, -0.2) is 4.98 Å². The predicted octanol–water partition coefficient (Wildman–Crippen LogP) is 4.98. The molecule has 0 saturated heterocycles. The van der Waals surface area contributed by atoms with Crippen LogP contribution in [-0.2, 0) is 19.3 Å². The second kappa shape index (κ2) is 11.1. The molecule has 0 saturated carbocycles. The number of benzene rings is 2. The standard InChI is InChI=1S/C24H26BrF3N4O/c1-2-19(31(14-13-29)15-17-9-5-3-6-10-17)22-30-21(24(26,27)28)20(25)23(33)32(22)16-18-11-7-4-8-12-18/h3-12,19H,2,13-16,29H2,1H3. The largest absolute Gasteiger partial charge is 0.434 e. The van der Waals surface area contributed by atoms with Crippen LogP contribution in [0.1, 0.15) is 42.0 Å². The fourth-order valence-corrected chi connectivity index (χ4v) is 4.37. The van der Waals surface area contributed by atoms with E-state index in [4.69, 9.17) is 5.73 Å². The maximum atomic E-state index is 13.8. The average Bonchev–Trinajstić information content (AvgIpc) is 2.79. The zero-order valence-corrected chi connectivity index (χ0v) is 19.8. The van der Waals surface area contributed by atoms with Crippen LogP contribution in [0.3, 0.4) is 0 Å². The van der Waals surface area contributed by atoms with Gasteiger partial charge < -0.3 is 5.73 Å². The second-order valence-electron chi connectivity index (χ2n) is 7.68. The quantitative estimate of drug-likeness (QED) is 0.430. The van der Waals surface area contributed by atoms with Gasteiger partial charge in [-0.05, 0) is 33.5 Å². The summed E-state index contributed by atoms with van der Waals surface area (Å²) in [5.41, 5.74) is 5.66. The van der Waals surface area contributed by atoms with Crippen LogP contribution >= 0.6 is 15.9 Å². The van der Waals surface area contributed by atoms with Crippen LogP contribution in [0.2, 0.25) is 0 Å². The van der Waals surface area contributed by atoms with Gasteiger partial charge in [-0.2, -0.15) is 13.2 Å². The molecule has 0 amide bonds. The van der Waals surface area contributed by atoms with Gasteiger partial charge in [0.1, 0.15) is 10.3 Å². The van der Waals surface area contributed by atoms with Crippen LogP contribution in [0.4, 0.5) is 13.2 Å². The molecule has 3 aromatic rings. The van der Waals surface area contributed by atoms with E-state index in [9.17, 15) is 18.0 Å². The fourth-order valence-electron chi connectivity index (χ4n) is 3.84. The molecule has 2 aromatic carbocycles. The molecule has 33 heavy (non-hydrogen) atoms. The molecule has 176 valence electrons. The molecule has 9 heteroatoms. The Labute approximate surface area is 199 Å². The molecule has 0 aliphatic heterocycles. The van der Waals surface area contributed by atoms with E-state index in [-0.39, 0.29) is 12.4 Å². The normalized spacial score (nSPS) is 12.8. The minimum atomic E-state index is -4.77. The number of rotatable bonds is 9. The fraction of sp³-hybridized carbons (Fsp3) is 0.333. The van der Waals surface area contributed by atoms with Gasteiger partial charge in [-0.15, -0.1) is 0 Å². The van der Waals surface area contributed by atoms with Crippen molar-refractivity contribution >= 4 is 15.9 Å². The summed E-state index contributed by atoms with van der Waals surface area (Å²) in [6, 6.07) is 18.2. The molecule has 0 aliphatic rings. The molecular weight excluding hydrogens is 497 g/mol. The number of nitrogens with zero attached hydrogens (tertiary/aromatic N) is 3. The van der Waals surface area contributed by atoms with Crippen LogP contribution in [0.25, 0.3) is 0 Å². The molecular formula is C24H26BrF3N4O. The molecule has 3 rings (SSSR count). The zero-order valence-electron chi connectivity index (χ0n) is 18.2. The molecule has 0 spiro atoms. The SMILES string of the molecule is CCC(c1nc(C(F)(F)F)c(Br)c(=O)n1Cc1ccccc1)N(CCN)Cc1ccccc1. The molecule has 1 unspecified atom stereocenters. The number of nitrogens with two attached hydrogens (primary N) is 1. The topological polar surface area (TPSA) is 64.2 Å². The van der Waals surface area contributed by atoms with Crippen LogP contribution in [-0.4, -0.2) is 27.5 Å². The first-order chi connectivity index (χ1) is 15.8. The number of alkyl halides is 3. The Morgan fingerprint density at radius 3 is 2.15 bits per heavy atom. The van der Waals surface area contributed by atoms with Gasteiger partial charge in [0.2, 0.25) is 0 Å². The second-order valence-corrected chi connectivity index (χ2v) is 8.47. The van der Waals surface area contributed by atoms with Gasteiger partial charge in [0.15, 0.2) is 5.69 Å². The highest BCUT2D eigenvalue weighted by atomic mass is 79.9. The first-order valence-electron chi connectivity index (χ1n) is 10.7. The third kappa shape index (κ3) is 6.10. The van der Waals surface area contributed by atoms with Crippen molar-refractivity contribution in [1.82, 2.24) is 14.5 Å². The zero-order chi connectivity index (χ0) is 24.0. The van der Waals surface area contributed by atoms with Crippen LogP contribution in [0.5, 0.6) is 0 Å². The van der Waals surface area contributed by atoms with Gasteiger partial charge in [0.05, 0.1) is 12.6 Å². The summed E-state index contributed by atoms with van der Waals surface area (Å²) in [5, 5.41) is 0. The summed E-state index contributed by atoms with van der Waals surface area (Å²) in [4.78, 5) is 19.2.